The summed E-state index contributed by atoms with van der Waals surface area (Å²) in [7, 11) is 0. The van der Waals surface area contributed by atoms with E-state index >= 15 is 0 Å². The van der Waals surface area contributed by atoms with E-state index in [1.807, 2.05) is 30.3 Å². The van der Waals surface area contributed by atoms with Gasteiger partial charge in [0.1, 0.15) is 5.82 Å². The Hall–Kier alpha value is -1.55. The minimum atomic E-state index is -0.530. The van der Waals surface area contributed by atoms with Crippen molar-refractivity contribution in [3.05, 3.63) is 47.9 Å². The molecule has 0 bridgehead atoms. The van der Waals surface area contributed by atoms with E-state index in [-0.39, 0.29) is 17.8 Å². The minimum absolute atomic E-state index is 0.0225. The maximum Gasteiger partial charge on any atom is 0.251 e. The third-order valence-electron chi connectivity index (χ3n) is 4.23. The molecule has 0 saturated carbocycles. The number of carbonyl (C=O) groups excluding carboxylic acids is 1. The highest BCUT2D eigenvalue weighted by Crippen LogP contribution is 2.43. The lowest BCUT2D eigenvalue weighted by Crippen LogP contribution is -2.38. The number of carbonyl (C=O) groups is 1. The van der Waals surface area contributed by atoms with E-state index in [2.05, 4.69) is 0 Å². The van der Waals surface area contributed by atoms with Crippen LogP contribution in [0.3, 0.4) is 0 Å². The third-order valence-corrected chi connectivity index (χ3v) is 4.74. The van der Waals surface area contributed by atoms with E-state index in [0.717, 1.165) is 5.56 Å². The second kappa shape index (κ2) is 4.77. The number of rotatable bonds is 3. The summed E-state index contributed by atoms with van der Waals surface area (Å²) in [6, 6.07) is 6.13. The summed E-state index contributed by atoms with van der Waals surface area (Å²) in [6.45, 7) is 2.57. The van der Waals surface area contributed by atoms with Gasteiger partial charge in [0, 0.05) is 12.1 Å². The van der Waals surface area contributed by atoms with Gasteiger partial charge in [-0.2, -0.15) is 0 Å². The van der Waals surface area contributed by atoms with Crippen LogP contribution in [-0.2, 0) is 4.79 Å². The fourth-order valence-electron chi connectivity index (χ4n) is 2.89. The first-order valence-electron chi connectivity index (χ1n) is 6.71. The van der Waals surface area contributed by atoms with Crippen LogP contribution in [0.4, 0.5) is 4.39 Å². The zero-order valence-corrected chi connectivity index (χ0v) is 12.0. The minimum Gasteiger partial charge on any atom is -0.288 e. The number of halogens is 2. The van der Waals surface area contributed by atoms with Gasteiger partial charge in [0.05, 0.1) is 18.0 Å². The highest BCUT2D eigenvalue weighted by atomic mass is 35.5. The van der Waals surface area contributed by atoms with Crippen molar-refractivity contribution in [1.29, 1.82) is 0 Å². The predicted octanol–water partition coefficient (Wildman–Crippen LogP) is 3.09. The molecule has 106 valence electrons. The van der Waals surface area contributed by atoms with Crippen LogP contribution in [0.1, 0.15) is 24.9 Å². The van der Waals surface area contributed by atoms with Crippen LogP contribution in [0.2, 0.25) is 0 Å². The molecule has 1 aromatic rings. The van der Waals surface area contributed by atoms with Crippen LogP contribution < -0.4 is 0 Å². The average molecular weight is 295 g/mol. The van der Waals surface area contributed by atoms with Crippen LogP contribution >= 0.6 is 11.6 Å². The fourth-order valence-corrected chi connectivity index (χ4v) is 3.27. The van der Waals surface area contributed by atoms with Gasteiger partial charge in [0.15, 0.2) is 0 Å². The number of amides is 1. The lowest BCUT2D eigenvalue weighted by atomic mass is 9.87. The van der Waals surface area contributed by atoms with Crippen molar-refractivity contribution in [3.63, 3.8) is 0 Å². The molecule has 1 saturated heterocycles. The summed E-state index contributed by atoms with van der Waals surface area (Å²) in [6.07, 6.45) is 4.50. The number of hydrogen-bond donors (Lipinski definition) is 0. The summed E-state index contributed by atoms with van der Waals surface area (Å²) in [5.41, 5.74) is 0.247. The van der Waals surface area contributed by atoms with Gasteiger partial charge in [-0.25, -0.2) is 9.40 Å². The largest absolute Gasteiger partial charge is 0.288 e. The molecule has 0 radical (unpaired) electrons. The predicted molar refractivity (Wildman–Crippen MR) is 75.3 cm³/mol. The summed E-state index contributed by atoms with van der Waals surface area (Å²) in [5.74, 6) is 0.0355. The van der Waals surface area contributed by atoms with E-state index in [4.69, 9.17) is 11.6 Å². The molecule has 0 unspecified atom stereocenters. The number of nitrogens with zero attached hydrogens (tertiary/aromatic N) is 2. The van der Waals surface area contributed by atoms with Crippen LogP contribution in [-0.4, -0.2) is 28.3 Å². The molecule has 0 aromatic heterocycles. The molecule has 3 nitrogen and oxygen atoms in total. The van der Waals surface area contributed by atoms with Gasteiger partial charge in [0.25, 0.3) is 5.91 Å². The van der Waals surface area contributed by atoms with Crippen molar-refractivity contribution in [2.24, 2.45) is 5.41 Å². The third kappa shape index (κ3) is 1.82. The molecule has 1 aromatic carbocycles. The van der Waals surface area contributed by atoms with Gasteiger partial charge >= 0.3 is 0 Å². The molecule has 3 rings (SSSR count). The summed E-state index contributed by atoms with van der Waals surface area (Å²) >= 11 is 6.03. The molecule has 2 aliphatic rings. The van der Waals surface area contributed by atoms with Crippen molar-refractivity contribution >= 4 is 17.5 Å². The van der Waals surface area contributed by atoms with Crippen LogP contribution in [0.5, 0.6) is 0 Å². The van der Waals surface area contributed by atoms with Crippen molar-refractivity contribution in [2.75, 3.05) is 12.4 Å². The molecule has 0 aliphatic carbocycles. The Balaban J connectivity index is 1.95. The normalized spacial score (nSPS) is 28.4. The zero-order chi connectivity index (χ0) is 14.3. The quantitative estimate of drug-likeness (QED) is 0.800. The van der Waals surface area contributed by atoms with Crippen LogP contribution in [0, 0.1) is 11.2 Å². The first-order valence-corrected chi connectivity index (χ1v) is 7.25. The topological polar surface area (TPSA) is 23.6 Å². The molecular formula is C15H16ClFN2O. The maximum atomic E-state index is 13.4. The smallest absolute Gasteiger partial charge is 0.251 e. The van der Waals surface area contributed by atoms with Crippen molar-refractivity contribution < 1.29 is 9.18 Å². The van der Waals surface area contributed by atoms with Crippen LogP contribution in [0.15, 0.2) is 36.5 Å². The van der Waals surface area contributed by atoms with E-state index in [1.54, 1.807) is 11.1 Å². The molecular weight excluding hydrogens is 279 g/mol. The highest BCUT2D eigenvalue weighted by molar-refractivity contribution is 6.20. The molecule has 0 N–H and O–H groups in total. The molecule has 0 spiro atoms. The first-order chi connectivity index (χ1) is 9.61. The Bertz CT molecular complexity index is 571. The average Bonchev–Trinajstić information content (AvgIpc) is 2.98. The van der Waals surface area contributed by atoms with Gasteiger partial charge in [-0.05, 0) is 30.2 Å². The highest BCUT2D eigenvalue weighted by Gasteiger charge is 2.52. The maximum absolute atomic E-state index is 13.4. The van der Waals surface area contributed by atoms with Gasteiger partial charge in [-0.1, -0.05) is 19.1 Å². The Morgan fingerprint density at radius 1 is 1.50 bits per heavy atom. The Morgan fingerprint density at radius 3 is 2.95 bits per heavy atom. The Morgan fingerprint density at radius 2 is 2.30 bits per heavy atom. The molecule has 1 fully saturated rings. The number of fused-ring (bicyclic) bond motifs is 1. The molecule has 2 aliphatic heterocycles. The molecule has 2 atom stereocenters. The second-order valence-electron chi connectivity index (χ2n) is 5.36. The van der Waals surface area contributed by atoms with Gasteiger partial charge < -0.3 is 0 Å². The van der Waals surface area contributed by atoms with Gasteiger partial charge in [-0.3, -0.25) is 9.80 Å². The van der Waals surface area contributed by atoms with E-state index in [1.165, 1.54) is 12.1 Å². The fraction of sp³-hybridized carbons (Fsp3) is 0.400. The Labute approximate surface area is 122 Å². The Kier molecular flexibility index (Phi) is 3.21. The molecule has 5 heteroatoms. The molecule has 20 heavy (non-hydrogen) atoms. The molecule has 1 amide bonds. The van der Waals surface area contributed by atoms with E-state index < -0.39 is 5.41 Å². The molecule has 2 heterocycles. The number of hydrazine groups is 1. The lowest BCUT2D eigenvalue weighted by Gasteiger charge is -2.27. The van der Waals surface area contributed by atoms with Crippen LogP contribution in [0.25, 0.3) is 0 Å². The number of alkyl halides is 1. The summed E-state index contributed by atoms with van der Waals surface area (Å²) < 4.78 is 13.4. The number of hydrogen-bond acceptors (Lipinski definition) is 2. The SMILES string of the molecule is CC[C@@]1(CCl)CN2C=C[C@H](c3cccc(F)c3)N2C1=O. The summed E-state index contributed by atoms with van der Waals surface area (Å²) in [4.78, 5) is 12.7. The second-order valence-corrected chi connectivity index (χ2v) is 5.62. The monoisotopic (exact) mass is 294 g/mol. The lowest BCUT2D eigenvalue weighted by molar-refractivity contribution is -0.141. The first kappa shape index (κ1) is 13.4. The standard InChI is InChI=1S/C15H16ClFN2O/c1-2-15(9-16)10-18-7-6-13(19(18)14(15)20)11-4-3-5-12(17)8-11/h3-8,13H,2,9-10H2,1H3/t13-,15-/m1/s1. The summed E-state index contributed by atoms with van der Waals surface area (Å²) in [5, 5.41) is 3.59. The van der Waals surface area contributed by atoms with Crippen molar-refractivity contribution in [2.45, 2.75) is 19.4 Å². The van der Waals surface area contributed by atoms with E-state index in [9.17, 15) is 9.18 Å². The van der Waals surface area contributed by atoms with Crippen molar-refractivity contribution in [3.8, 4) is 0 Å². The van der Waals surface area contributed by atoms with E-state index in [0.29, 0.717) is 18.8 Å². The van der Waals surface area contributed by atoms with Gasteiger partial charge in [0.2, 0.25) is 0 Å². The van der Waals surface area contributed by atoms with Crippen molar-refractivity contribution in [1.82, 2.24) is 10.0 Å². The van der Waals surface area contributed by atoms with Gasteiger partial charge in [-0.15, -0.1) is 11.6 Å². The number of benzene rings is 1. The zero-order valence-electron chi connectivity index (χ0n) is 11.2.